The normalized spacial score (nSPS) is 18.6. The number of imide groups is 1. The number of carbonyl (C=O) groups excluding carboxylic acids is 2. The van der Waals surface area contributed by atoms with E-state index in [4.69, 9.17) is 0 Å². The summed E-state index contributed by atoms with van der Waals surface area (Å²) in [6, 6.07) is 17.0. The fourth-order valence-corrected chi connectivity index (χ4v) is 3.71. The molecule has 0 bridgehead atoms. The average Bonchev–Trinajstić information content (AvgIpc) is 2.93. The van der Waals surface area contributed by atoms with Crippen LogP contribution in [-0.2, 0) is 9.59 Å². The molecule has 5 heteroatoms. The van der Waals surface area contributed by atoms with Crippen molar-refractivity contribution in [2.75, 3.05) is 38.1 Å². The van der Waals surface area contributed by atoms with Crippen molar-refractivity contribution in [3.05, 3.63) is 71.4 Å². The standard InChI is InChI=1S/C22H23N3O2/c1-16-7-6-10-18(15-16)25-21(26)19(17-8-4-3-5-9-17)20(22(25)27)24-13-11-23(2)12-14-24/h3-10,15H,11-14H2,1-2H3. The highest BCUT2D eigenvalue weighted by atomic mass is 16.2. The van der Waals surface area contributed by atoms with E-state index in [1.54, 1.807) is 0 Å². The Morgan fingerprint density at radius 2 is 1.52 bits per heavy atom. The van der Waals surface area contributed by atoms with E-state index < -0.39 is 0 Å². The minimum absolute atomic E-state index is 0.228. The van der Waals surface area contributed by atoms with Crippen LogP contribution in [0.1, 0.15) is 11.1 Å². The number of likely N-dealkylation sites (N-methyl/N-ethyl adjacent to an activating group) is 1. The first-order valence-corrected chi connectivity index (χ1v) is 9.25. The SMILES string of the molecule is Cc1cccc(N2C(=O)C(c3ccccc3)=C(N3CCN(C)CC3)C2=O)c1. The van der Waals surface area contributed by atoms with E-state index in [1.165, 1.54) is 4.90 Å². The third kappa shape index (κ3) is 3.15. The van der Waals surface area contributed by atoms with Crippen molar-refractivity contribution in [3.63, 3.8) is 0 Å². The van der Waals surface area contributed by atoms with E-state index in [0.29, 0.717) is 17.0 Å². The van der Waals surface area contributed by atoms with E-state index in [9.17, 15) is 9.59 Å². The number of nitrogens with zero attached hydrogens (tertiary/aromatic N) is 3. The van der Waals surface area contributed by atoms with E-state index in [2.05, 4.69) is 16.8 Å². The quantitative estimate of drug-likeness (QED) is 0.788. The molecule has 2 aliphatic heterocycles. The lowest BCUT2D eigenvalue weighted by Gasteiger charge is -2.34. The molecule has 2 amide bonds. The van der Waals surface area contributed by atoms with Crippen molar-refractivity contribution in [2.24, 2.45) is 0 Å². The summed E-state index contributed by atoms with van der Waals surface area (Å²) in [4.78, 5) is 32.4. The van der Waals surface area contributed by atoms with Gasteiger partial charge in [0.1, 0.15) is 5.70 Å². The molecule has 2 aromatic rings. The number of carbonyl (C=O) groups is 2. The predicted molar refractivity (Wildman–Crippen MR) is 106 cm³/mol. The number of rotatable bonds is 3. The van der Waals surface area contributed by atoms with Gasteiger partial charge in [-0.2, -0.15) is 0 Å². The molecule has 2 aliphatic rings. The predicted octanol–water partition coefficient (Wildman–Crippen LogP) is 2.53. The summed E-state index contributed by atoms with van der Waals surface area (Å²) < 4.78 is 0. The fourth-order valence-electron chi connectivity index (χ4n) is 3.71. The van der Waals surface area contributed by atoms with Gasteiger partial charge in [0.15, 0.2) is 0 Å². The van der Waals surface area contributed by atoms with Crippen molar-refractivity contribution in [3.8, 4) is 0 Å². The second-order valence-electron chi connectivity index (χ2n) is 7.16. The van der Waals surface area contributed by atoms with Gasteiger partial charge in [0, 0.05) is 26.2 Å². The van der Waals surface area contributed by atoms with Gasteiger partial charge in [0.2, 0.25) is 0 Å². The van der Waals surface area contributed by atoms with Crippen molar-refractivity contribution in [2.45, 2.75) is 6.92 Å². The van der Waals surface area contributed by atoms with Crippen LogP contribution >= 0.6 is 0 Å². The molecule has 0 spiro atoms. The van der Waals surface area contributed by atoms with Gasteiger partial charge in [-0.3, -0.25) is 9.59 Å². The first-order chi connectivity index (χ1) is 13.1. The number of anilines is 1. The Balaban J connectivity index is 1.80. The Hall–Kier alpha value is -2.92. The zero-order chi connectivity index (χ0) is 19.0. The summed E-state index contributed by atoms with van der Waals surface area (Å²) in [5.41, 5.74) is 3.47. The lowest BCUT2D eigenvalue weighted by molar-refractivity contribution is -0.120. The maximum Gasteiger partial charge on any atom is 0.282 e. The molecule has 0 saturated carbocycles. The number of benzene rings is 2. The monoisotopic (exact) mass is 361 g/mol. The molecule has 0 unspecified atom stereocenters. The Labute approximate surface area is 159 Å². The van der Waals surface area contributed by atoms with Crippen LogP contribution in [0, 0.1) is 6.92 Å². The summed E-state index contributed by atoms with van der Waals surface area (Å²) in [5.74, 6) is -0.472. The van der Waals surface area contributed by atoms with Gasteiger partial charge in [-0.15, -0.1) is 0 Å². The Kier molecular flexibility index (Phi) is 4.54. The van der Waals surface area contributed by atoms with Gasteiger partial charge in [-0.1, -0.05) is 42.5 Å². The second-order valence-corrected chi connectivity index (χ2v) is 7.16. The van der Waals surface area contributed by atoms with E-state index in [0.717, 1.165) is 37.3 Å². The molecule has 0 radical (unpaired) electrons. The molecular formula is C22H23N3O2. The molecule has 4 rings (SSSR count). The average molecular weight is 361 g/mol. The molecule has 1 fully saturated rings. The zero-order valence-corrected chi connectivity index (χ0v) is 15.7. The van der Waals surface area contributed by atoms with Crippen LogP contribution < -0.4 is 4.90 Å². The molecule has 5 nitrogen and oxygen atoms in total. The summed E-state index contributed by atoms with van der Waals surface area (Å²) >= 11 is 0. The third-order valence-corrected chi connectivity index (χ3v) is 5.20. The van der Waals surface area contributed by atoms with E-state index >= 15 is 0 Å². The number of amides is 2. The van der Waals surface area contributed by atoms with Crippen molar-refractivity contribution in [1.82, 2.24) is 9.80 Å². The van der Waals surface area contributed by atoms with Gasteiger partial charge in [-0.05, 0) is 37.2 Å². The minimum atomic E-state index is -0.245. The number of hydrogen-bond donors (Lipinski definition) is 0. The summed E-state index contributed by atoms with van der Waals surface area (Å²) in [7, 11) is 2.07. The molecule has 2 heterocycles. The zero-order valence-electron chi connectivity index (χ0n) is 15.7. The van der Waals surface area contributed by atoms with E-state index in [-0.39, 0.29) is 11.8 Å². The fraction of sp³-hybridized carbons (Fsp3) is 0.273. The van der Waals surface area contributed by atoms with Crippen LogP contribution in [0.2, 0.25) is 0 Å². The van der Waals surface area contributed by atoms with Crippen LogP contribution in [0.3, 0.4) is 0 Å². The topological polar surface area (TPSA) is 43.9 Å². The van der Waals surface area contributed by atoms with Crippen LogP contribution in [0.15, 0.2) is 60.3 Å². The van der Waals surface area contributed by atoms with Gasteiger partial charge in [0.25, 0.3) is 11.8 Å². The van der Waals surface area contributed by atoms with Gasteiger partial charge >= 0.3 is 0 Å². The van der Waals surface area contributed by atoms with Gasteiger partial charge in [0.05, 0.1) is 11.3 Å². The third-order valence-electron chi connectivity index (χ3n) is 5.20. The molecule has 27 heavy (non-hydrogen) atoms. The van der Waals surface area contributed by atoms with Crippen LogP contribution in [-0.4, -0.2) is 54.8 Å². The summed E-state index contributed by atoms with van der Waals surface area (Å²) in [6.07, 6.45) is 0. The number of aryl methyl sites for hydroxylation is 1. The van der Waals surface area contributed by atoms with Gasteiger partial charge < -0.3 is 9.80 Å². The highest BCUT2D eigenvalue weighted by molar-refractivity contribution is 6.45. The van der Waals surface area contributed by atoms with Crippen molar-refractivity contribution in [1.29, 1.82) is 0 Å². The molecule has 138 valence electrons. The maximum atomic E-state index is 13.4. The molecular weight excluding hydrogens is 338 g/mol. The molecule has 0 aromatic heterocycles. The smallest absolute Gasteiger partial charge is 0.282 e. The van der Waals surface area contributed by atoms with Crippen molar-refractivity contribution < 1.29 is 9.59 Å². The van der Waals surface area contributed by atoms with Crippen LogP contribution in [0.25, 0.3) is 5.57 Å². The highest BCUT2D eigenvalue weighted by Gasteiger charge is 2.42. The molecule has 1 saturated heterocycles. The minimum Gasteiger partial charge on any atom is -0.364 e. The molecule has 2 aromatic carbocycles. The largest absolute Gasteiger partial charge is 0.364 e. The molecule has 0 N–H and O–H groups in total. The highest BCUT2D eigenvalue weighted by Crippen LogP contribution is 2.35. The first-order valence-electron chi connectivity index (χ1n) is 9.25. The molecule has 0 atom stereocenters. The summed E-state index contributed by atoms with van der Waals surface area (Å²) in [6.45, 7) is 5.18. The lowest BCUT2D eigenvalue weighted by atomic mass is 10.0. The number of piperazine rings is 1. The van der Waals surface area contributed by atoms with Gasteiger partial charge in [-0.25, -0.2) is 4.90 Å². The summed E-state index contributed by atoms with van der Waals surface area (Å²) in [5, 5.41) is 0. The lowest BCUT2D eigenvalue weighted by Crippen LogP contribution is -2.46. The number of hydrogen-bond acceptors (Lipinski definition) is 4. The molecule has 0 aliphatic carbocycles. The Morgan fingerprint density at radius 3 is 2.19 bits per heavy atom. The van der Waals surface area contributed by atoms with Crippen LogP contribution in [0.5, 0.6) is 0 Å². The van der Waals surface area contributed by atoms with Crippen LogP contribution in [0.4, 0.5) is 5.69 Å². The Bertz CT molecular complexity index is 912. The Morgan fingerprint density at radius 1 is 0.815 bits per heavy atom. The van der Waals surface area contributed by atoms with Crippen molar-refractivity contribution >= 4 is 23.1 Å². The second kappa shape index (κ2) is 7.00. The first kappa shape index (κ1) is 17.5. The van der Waals surface area contributed by atoms with E-state index in [1.807, 2.05) is 61.5 Å². The maximum absolute atomic E-state index is 13.4.